The van der Waals surface area contributed by atoms with Crippen LogP contribution in [0.5, 0.6) is 5.75 Å². The first-order valence-corrected chi connectivity index (χ1v) is 4.87. The van der Waals surface area contributed by atoms with Crippen molar-refractivity contribution in [1.82, 2.24) is 14.8 Å². The van der Waals surface area contributed by atoms with Crippen LogP contribution in [0.25, 0.3) is 11.4 Å². The fourth-order valence-corrected chi connectivity index (χ4v) is 1.46. The van der Waals surface area contributed by atoms with Gasteiger partial charge in [-0.25, -0.2) is 9.67 Å². The van der Waals surface area contributed by atoms with Crippen LogP contribution in [0.15, 0.2) is 30.6 Å². The molecule has 15 heavy (non-hydrogen) atoms. The van der Waals surface area contributed by atoms with Crippen molar-refractivity contribution in [3.05, 3.63) is 30.6 Å². The molecule has 0 aliphatic rings. The third-order valence-electron chi connectivity index (χ3n) is 2.26. The van der Waals surface area contributed by atoms with Crippen LogP contribution in [0.1, 0.15) is 6.92 Å². The highest BCUT2D eigenvalue weighted by molar-refractivity contribution is 5.56. The van der Waals surface area contributed by atoms with Crippen molar-refractivity contribution in [2.24, 2.45) is 0 Å². The minimum absolute atomic E-state index is 0.821. The van der Waals surface area contributed by atoms with Gasteiger partial charge in [-0.1, -0.05) is 0 Å². The molecule has 0 spiro atoms. The number of nitrogens with zero attached hydrogens (tertiary/aromatic N) is 3. The summed E-state index contributed by atoms with van der Waals surface area (Å²) in [6, 6.07) is 7.80. The number of aromatic nitrogens is 3. The fourth-order valence-electron chi connectivity index (χ4n) is 1.46. The summed E-state index contributed by atoms with van der Waals surface area (Å²) >= 11 is 0. The molecular formula is C11H13N3O. The van der Waals surface area contributed by atoms with Gasteiger partial charge in [-0.05, 0) is 31.2 Å². The Balaban J connectivity index is 2.37. The predicted octanol–water partition coefficient (Wildman–Crippen LogP) is 1.97. The Morgan fingerprint density at radius 1 is 1.27 bits per heavy atom. The maximum Gasteiger partial charge on any atom is 0.158 e. The number of hydrogen-bond acceptors (Lipinski definition) is 3. The number of rotatable bonds is 3. The summed E-state index contributed by atoms with van der Waals surface area (Å²) in [5, 5.41) is 4.13. The zero-order chi connectivity index (χ0) is 10.7. The van der Waals surface area contributed by atoms with Crippen molar-refractivity contribution in [1.29, 1.82) is 0 Å². The Labute approximate surface area is 88.5 Å². The molecule has 0 saturated carbocycles. The molecule has 0 bridgehead atoms. The maximum atomic E-state index is 5.10. The topological polar surface area (TPSA) is 39.9 Å². The second-order valence-corrected chi connectivity index (χ2v) is 3.13. The van der Waals surface area contributed by atoms with Crippen LogP contribution in [0.4, 0.5) is 0 Å². The standard InChI is InChI=1S/C11H13N3O/c1-3-14-11(12-8-13-14)9-4-6-10(15-2)7-5-9/h4-8H,3H2,1-2H3. The van der Waals surface area contributed by atoms with Crippen molar-refractivity contribution in [2.45, 2.75) is 13.5 Å². The lowest BCUT2D eigenvalue weighted by molar-refractivity contribution is 0.415. The number of hydrogen-bond donors (Lipinski definition) is 0. The van der Waals surface area contributed by atoms with E-state index in [-0.39, 0.29) is 0 Å². The van der Waals surface area contributed by atoms with Gasteiger partial charge in [0.15, 0.2) is 5.82 Å². The Morgan fingerprint density at radius 2 is 2.00 bits per heavy atom. The second kappa shape index (κ2) is 4.13. The number of ether oxygens (including phenoxy) is 1. The van der Waals surface area contributed by atoms with Crippen LogP contribution in [-0.2, 0) is 6.54 Å². The van der Waals surface area contributed by atoms with Gasteiger partial charge in [-0.15, -0.1) is 0 Å². The van der Waals surface area contributed by atoms with Crippen LogP contribution < -0.4 is 4.74 Å². The van der Waals surface area contributed by atoms with E-state index in [2.05, 4.69) is 10.1 Å². The summed E-state index contributed by atoms with van der Waals surface area (Å²) < 4.78 is 6.96. The minimum Gasteiger partial charge on any atom is -0.497 e. The Kier molecular flexibility index (Phi) is 2.67. The molecular weight excluding hydrogens is 190 g/mol. The molecule has 0 unspecified atom stereocenters. The molecule has 0 N–H and O–H groups in total. The Hall–Kier alpha value is -1.84. The molecule has 1 aromatic carbocycles. The van der Waals surface area contributed by atoms with E-state index in [4.69, 9.17) is 4.74 Å². The van der Waals surface area contributed by atoms with E-state index in [9.17, 15) is 0 Å². The molecule has 1 heterocycles. The van der Waals surface area contributed by atoms with Crippen LogP contribution >= 0.6 is 0 Å². The van der Waals surface area contributed by atoms with Crippen LogP contribution in [0.3, 0.4) is 0 Å². The van der Waals surface area contributed by atoms with Gasteiger partial charge in [0.1, 0.15) is 12.1 Å². The SMILES string of the molecule is CCn1ncnc1-c1ccc(OC)cc1. The van der Waals surface area contributed by atoms with E-state index in [1.165, 1.54) is 0 Å². The van der Waals surface area contributed by atoms with Gasteiger partial charge >= 0.3 is 0 Å². The van der Waals surface area contributed by atoms with E-state index < -0.39 is 0 Å². The van der Waals surface area contributed by atoms with Crippen LogP contribution in [0, 0.1) is 0 Å². The van der Waals surface area contributed by atoms with Gasteiger partial charge in [0.05, 0.1) is 7.11 Å². The summed E-state index contributed by atoms with van der Waals surface area (Å²) in [4.78, 5) is 4.22. The molecule has 78 valence electrons. The molecule has 2 rings (SSSR count). The zero-order valence-corrected chi connectivity index (χ0v) is 8.84. The molecule has 2 aromatic rings. The number of aryl methyl sites for hydroxylation is 1. The molecule has 0 radical (unpaired) electrons. The molecule has 0 aliphatic carbocycles. The van der Waals surface area contributed by atoms with Crippen molar-refractivity contribution in [3.8, 4) is 17.1 Å². The lowest BCUT2D eigenvalue weighted by atomic mass is 10.2. The summed E-state index contributed by atoms with van der Waals surface area (Å²) in [6.07, 6.45) is 1.57. The van der Waals surface area contributed by atoms with E-state index in [0.717, 1.165) is 23.7 Å². The Bertz CT molecular complexity index is 433. The number of benzene rings is 1. The average molecular weight is 203 g/mol. The number of methoxy groups -OCH3 is 1. The highest BCUT2D eigenvalue weighted by Gasteiger charge is 2.05. The summed E-state index contributed by atoms with van der Waals surface area (Å²) in [6.45, 7) is 2.86. The van der Waals surface area contributed by atoms with E-state index in [1.807, 2.05) is 35.9 Å². The molecule has 4 heteroatoms. The summed E-state index contributed by atoms with van der Waals surface area (Å²) in [7, 11) is 1.66. The predicted molar refractivity (Wildman–Crippen MR) is 57.7 cm³/mol. The third kappa shape index (κ3) is 1.83. The van der Waals surface area contributed by atoms with Gasteiger partial charge in [0, 0.05) is 12.1 Å². The monoisotopic (exact) mass is 203 g/mol. The highest BCUT2D eigenvalue weighted by Crippen LogP contribution is 2.19. The first kappa shape index (κ1) is 9.71. The third-order valence-corrected chi connectivity index (χ3v) is 2.26. The largest absolute Gasteiger partial charge is 0.497 e. The first-order valence-electron chi connectivity index (χ1n) is 4.87. The second-order valence-electron chi connectivity index (χ2n) is 3.13. The Morgan fingerprint density at radius 3 is 2.60 bits per heavy atom. The van der Waals surface area contributed by atoms with Gasteiger partial charge in [-0.2, -0.15) is 5.10 Å². The molecule has 0 amide bonds. The quantitative estimate of drug-likeness (QED) is 0.765. The minimum atomic E-state index is 0.821. The van der Waals surface area contributed by atoms with Gasteiger partial charge in [-0.3, -0.25) is 0 Å². The normalized spacial score (nSPS) is 10.3. The van der Waals surface area contributed by atoms with Gasteiger partial charge < -0.3 is 4.74 Å². The maximum absolute atomic E-state index is 5.10. The van der Waals surface area contributed by atoms with Gasteiger partial charge in [0.25, 0.3) is 0 Å². The van der Waals surface area contributed by atoms with Crippen LogP contribution in [-0.4, -0.2) is 21.9 Å². The first-order chi connectivity index (χ1) is 7.35. The lowest BCUT2D eigenvalue weighted by Gasteiger charge is -2.04. The average Bonchev–Trinajstić information content (AvgIpc) is 2.77. The lowest BCUT2D eigenvalue weighted by Crippen LogP contribution is -1.99. The smallest absolute Gasteiger partial charge is 0.158 e. The zero-order valence-electron chi connectivity index (χ0n) is 8.84. The van der Waals surface area contributed by atoms with Crippen molar-refractivity contribution in [2.75, 3.05) is 7.11 Å². The van der Waals surface area contributed by atoms with Gasteiger partial charge in [0.2, 0.25) is 0 Å². The summed E-state index contributed by atoms with van der Waals surface area (Å²) in [5.74, 6) is 1.74. The molecule has 0 fully saturated rings. The van der Waals surface area contributed by atoms with Crippen molar-refractivity contribution < 1.29 is 4.74 Å². The van der Waals surface area contributed by atoms with Crippen molar-refractivity contribution >= 4 is 0 Å². The van der Waals surface area contributed by atoms with E-state index in [1.54, 1.807) is 13.4 Å². The highest BCUT2D eigenvalue weighted by atomic mass is 16.5. The molecule has 4 nitrogen and oxygen atoms in total. The molecule has 0 aliphatic heterocycles. The van der Waals surface area contributed by atoms with Crippen molar-refractivity contribution in [3.63, 3.8) is 0 Å². The molecule has 0 atom stereocenters. The van der Waals surface area contributed by atoms with E-state index in [0.29, 0.717) is 0 Å². The molecule has 1 aromatic heterocycles. The van der Waals surface area contributed by atoms with Crippen LogP contribution in [0.2, 0.25) is 0 Å². The fraction of sp³-hybridized carbons (Fsp3) is 0.273. The molecule has 0 saturated heterocycles. The van der Waals surface area contributed by atoms with E-state index >= 15 is 0 Å². The summed E-state index contributed by atoms with van der Waals surface area (Å²) in [5.41, 5.74) is 1.05.